The number of nitrogens with zero attached hydrogens (tertiary/aromatic N) is 2. The van der Waals surface area contributed by atoms with E-state index in [1.54, 1.807) is 36.9 Å². The first-order valence-electron chi connectivity index (χ1n) is 8.49. The number of esters is 1. The van der Waals surface area contributed by atoms with E-state index in [0.717, 1.165) is 4.88 Å². The van der Waals surface area contributed by atoms with Crippen LogP contribution >= 0.6 is 11.3 Å². The summed E-state index contributed by atoms with van der Waals surface area (Å²) in [6, 6.07) is 12.8. The van der Waals surface area contributed by atoms with Crippen LogP contribution in [0.5, 0.6) is 0 Å². The van der Waals surface area contributed by atoms with Crippen LogP contribution in [-0.2, 0) is 21.4 Å². The minimum absolute atomic E-state index is 0.154. The van der Waals surface area contributed by atoms with E-state index >= 15 is 0 Å². The second-order valence-electron chi connectivity index (χ2n) is 5.94. The zero-order valence-electron chi connectivity index (χ0n) is 15.4. The third-order valence-electron chi connectivity index (χ3n) is 4.09. The maximum Gasteiger partial charge on any atom is 0.331 e. The Morgan fingerprint density at radius 3 is 2.61 bits per heavy atom. The van der Waals surface area contributed by atoms with Crippen molar-refractivity contribution in [3.8, 4) is 5.69 Å². The van der Waals surface area contributed by atoms with Gasteiger partial charge in [-0.15, -0.1) is 11.3 Å². The highest BCUT2D eigenvalue weighted by Crippen LogP contribution is 2.14. The molecule has 0 spiro atoms. The summed E-state index contributed by atoms with van der Waals surface area (Å²) in [6.07, 6.45) is 2.88. The second-order valence-corrected chi connectivity index (χ2v) is 6.92. The minimum atomic E-state index is -0.630. The van der Waals surface area contributed by atoms with Crippen molar-refractivity contribution < 1.29 is 14.3 Å². The zero-order chi connectivity index (χ0) is 20.1. The van der Waals surface area contributed by atoms with Crippen molar-refractivity contribution in [3.05, 3.63) is 74.8 Å². The molecule has 1 amide bonds. The number of carbonyl (C=O) groups excluding carboxylic acids is 2. The second kappa shape index (κ2) is 8.53. The summed E-state index contributed by atoms with van der Waals surface area (Å²) in [5, 5.41) is 4.43. The zero-order valence-corrected chi connectivity index (χ0v) is 16.2. The molecule has 0 aliphatic carbocycles. The Morgan fingerprint density at radius 2 is 1.93 bits per heavy atom. The van der Waals surface area contributed by atoms with Gasteiger partial charge in [0.2, 0.25) is 0 Å². The molecule has 3 rings (SSSR count). The van der Waals surface area contributed by atoms with Crippen molar-refractivity contribution in [1.82, 2.24) is 9.36 Å². The Morgan fingerprint density at radius 1 is 1.18 bits per heavy atom. The van der Waals surface area contributed by atoms with Crippen molar-refractivity contribution in [1.29, 1.82) is 0 Å². The Hall–Kier alpha value is -3.39. The number of carbonyl (C=O) groups is 2. The molecule has 3 aromatic rings. The first kappa shape index (κ1) is 19.4. The topological polar surface area (TPSA) is 82.3 Å². The van der Waals surface area contributed by atoms with Crippen LogP contribution in [0, 0.1) is 6.92 Å². The summed E-state index contributed by atoms with van der Waals surface area (Å²) in [5.74, 6) is -1.21. The number of hydrogen-bond donors (Lipinski definition) is 1. The first-order chi connectivity index (χ1) is 13.5. The van der Waals surface area contributed by atoms with Crippen molar-refractivity contribution in [2.75, 3.05) is 11.9 Å². The highest BCUT2D eigenvalue weighted by Gasteiger charge is 2.18. The molecule has 0 fully saturated rings. The molecule has 144 valence electrons. The van der Waals surface area contributed by atoms with Crippen molar-refractivity contribution in [3.63, 3.8) is 0 Å². The van der Waals surface area contributed by atoms with Gasteiger partial charge in [0.05, 0.1) is 11.4 Å². The van der Waals surface area contributed by atoms with Gasteiger partial charge in [0, 0.05) is 18.0 Å². The third kappa shape index (κ3) is 4.29. The van der Waals surface area contributed by atoms with Gasteiger partial charge in [-0.2, -0.15) is 0 Å². The lowest BCUT2D eigenvalue weighted by Gasteiger charge is -2.07. The third-order valence-corrected chi connectivity index (χ3v) is 4.93. The summed E-state index contributed by atoms with van der Waals surface area (Å²) in [4.78, 5) is 37.5. The molecule has 0 saturated heterocycles. The molecule has 0 bridgehead atoms. The largest absolute Gasteiger partial charge is 0.452 e. The number of aromatic nitrogens is 2. The lowest BCUT2D eigenvalue weighted by atomic mass is 10.3. The highest BCUT2D eigenvalue weighted by atomic mass is 32.1. The van der Waals surface area contributed by atoms with Gasteiger partial charge in [0.15, 0.2) is 6.61 Å². The fourth-order valence-corrected chi connectivity index (χ4v) is 3.23. The smallest absolute Gasteiger partial charge is 0.331 e. The molecule has 8 heteroatoms. The quantitative estimate of drug-likeness (QED) is 0.512. The molecule has 0 atom stereocenters. The van der Waals surface area contributed by atoms with Crippen LogP contribution in [0.15, 0.2) is 58.7 Å². The number of para-hydroxylation sites is 1. The number of amides is 1. The van der Waals surface area contributed by atoms with Gasteiger partial charge >= 0.3 is 5.97 Å². The molecule has 7 nitrogen and oxygen atoms in total. The highest BCUT2D eigenvalue weighted by molar-refractivity contribution is 7.10. The van der Waals surface area contributed by atoms with E-state index in [1.165, 1.54) is 22.1 Å². The molecule has 0 aliphatic rings. The lowest BCUT2D eigenvalue weighted by Crippen LogP contribution is -2.25. The summed E-state index contributed by atoms with van der Waals surface area (Å²) in [7, 11) is 1.73. The van der Waals surface area contributed by atoms with E-state index in [4.69, 9.17) is 4.74 Å². The first-order valence-corrected chi connectivity index (χ1v) is 9.37. The van der Waals surface area contributed by atoms with Gasteiger partial charge in [-0.25, -0.2) is 9.48 Å². The summed E-state index contributed by atoms with van der Waals surface area (Å²) in [5.41, 5.74) is 1.07. The van der Waals surface area contributed by atoms with Gasteiger partial charge in [0.25, 0.3) is 11.5 Å². The van der Waals surface area contributed by atoms with Crippen molar-refractivity contribution in [2.24, 2.45) is 7.05 Å². The van der Waals surface area contributed by atoms with Gasteiger partial charge in [-0.1, -0.05) is 24.3 Å². The lowest BCUT2D eigenvalue weighted by molar-refractivity contribution is -0.142. The number of ether oxygens (including phenoxy) is 1. The number of anilines is 1. The Labute approximate surface area is 165 Å². The van der Waals surface area contributed by atoms with E-state index in [0.29, 0.717) is 11.4 Å². The summed E-state index contributed by atoms with van der Waals surface area (Å²) >= 11 is 1.48. The van der Waals surface area contributed by atoms with E-state index in [2.05, 4.69) is 5.32 Å². The molecule has 1 aromatic carbocycles. The standard InChI is InChI=1S/C20H19N3O4S/c1-14-19(20(26)23(22(14)2)15-7-4-3-5-8-15)21-17(24)13-27-18(25)11-10-16-9-6-12-28-16/h3-12H,13H2,1-2H3,(H,21,24)/b11-10+. The average molecular weight is 397 g/mol. The van der Waals surface area contributed by atoms with Crippen LogP contribution in [0.4, 0.5) is 5.69 Å². The van der Waals surface area contributed by atoms with E-state index in [1.807, 2.05) is 35.7 Å². The SMILES string of the molecule is Cc1c(NC(=O)COC(=O)/C=C/c2cccs2)c(=O)n(-c2ccccc2)n1C. The predicted molar refractivity (Wildman–Crippen MR) is 109 cm³/mol. The summed E-state index contributed by atoms with van der Waals surface area (Å²) < 4.78 is 8.04. The number of rotatable bonds is 6. The maximum atomic E-state index is 12.7. The van der Waals surface area contributed by atoms with Gasteiger partial charge in [-0.3, -0.25) is 14.3 Å². The van der Waals surface area contributed by atoms with Crippen molar-refractivity contribution in [2.45, 2.75) is 6.92 Å². The molecule has 0 unspecified atom stereocenters. The van der Waals surface area contributed by atoms with E-state index in [9.17, 15) is 14.4 Å². The Bertz CT molecular complexity index is 1060. The molecule has 0 aliphatic heterocycles. The van der Waals surface area contributed by atoms with Crippen LogP contribution in [-0.4, -0.2) is 27.8 Å². The number of nitrogens with one attached hydrogen (secondary N) is 1. The molecule has 1 N–H and O–H groups in total. The molecule has 0 radical (unpaired) electrons. The van der Waals surface area contributed by atoms with Crippen LogP contribution in [0.3, 0.4) is 0 Å². The fourth-order valence-electron chi connectivity index (χ4n) is 2.61. The Kier molecular flexibility index (Phi) is 5.90. The van der Waals surface area contributed by atoms with Gasteiger partial charge < -0.3 is 10.1 Å². The number of thiophene rings is 1. The fraction of sp³-hybridized carbons (Fsp3) is 0.150. The maximum absolute atomic E-state index is 12.7. The molecule has 2 aromatic heterocycles. The molecular weight excluding hydrogens is 378 g/mol. The monoisotopic (exact) mass is 397 g/mol. The minimum Gasteiger partial charge on any atom is -0.452 e. The summed E-state index contributed by atoms with van der Waals surface area (Å²) in [6.45, 7) is 1.25. The molecule has 0 saturated carbocycles. The van der Waals surface area contributed by atoms with Crippen LogP contribution in [0.25, 0.3) is 11.8 Å². The normalized spacial score (nSPS) is 10.9. The van der Waals surface area contributed by atoms with Gasteiger partial charge in [0.1, 0.15) is 5.69 Å². The van der Waals surface area contributed by atoms with Gasteiger partial charge in [-0.05, 0) is 36.6 Å². The van der Waals surface area contributed by atoms with E-state index < -0.39 is 18.5 Å². The predicted octanol–water partition coefficient (Wildman–Crippen LogP) is 2.74. The van der Waals surface area contributed by atoms with Crippen molar-refractivity contribution >= 4 is 35.0 Å². The molecular formula is C20H19N3O4S. The average Bonchev–Trinajstić information content (AvgIpc) is 3.29. The molecule has 28 heavy (non-hydrogen) atoms. The number of benzene rings is 1. The number of hydrogen-bond acceptors (Lipinski definition) is 5. The van der Waals surface area contributed by atoms with Crippen LogP contribution < -0.4 is 10.9 Å². The van der Waals surface area contributed by atoms with E-state index in [-0.39, 0.29) is 11.2 Å². The van der Waals surface area contributed by atoms with Crippen LogP contribution in [0.2, 0.25) is 0 Å². The molecule has 2 heterocycles. The Balaban J connectivity index is 1.66. The van der Waals surface area contributed by atoms with Crippen LogP contribution in [0.1, 0.15) is 10.6 Å².